The van der Waals surface area contributed by atoms with Gasteiger partial charge in [0, 0.05) is 31.3 Å². The van der Waals surface area contributed by atoms with E-state index in [9.17, 15) is 10.1 Å². The smallest absolute Gasteiger partial charge is 0.269 e. The van der Waals surface area contributed by atoms with Gasteiger partial charge in [-0.05, 0) is 35.2 Å². The maximum atomic E-state index is 10.8. The predicted octanol–water partition coefficient (Wildman–Crippen LogP) is 2.62. The highest BCUT2D eigenvalue weighted by Gasteiger charge is 2.37. The van der Waals surface area contributed by atoms with Crippen molar-refractivity contribution < 1.29 is 4.92 Å². The Morgan fingerprint density at radius 1 is 1.09 bits per heavy atom. The van der Waals surface area contributed by atoms with Crippen LogP contribution in [0.5, 0.6) is 0 Å². The van der Waals surface area contributed by atoms with Gasteiger partial charge < -0.3 is 0 Å². The van der Waals surface area contributed by atoms with Gasteiger partial charge in [0.15, 0.2) is 0 Å². The second-order valence-electron chi connectivity index (χ2n) is 5.96. The number of nitrogens with zero attached hydrogens (tertiary/aromatic N) is 2. The number of non-ortho nitro benzene ring substituents is 1. The van der Waals surface area contributed by atoms with E-state index < -0.39 is 0 Å². The summed E-state index contributed by atoms with van der Waals surface area (Å²) in [6.45, 7) is 1.88. The van der Waals surface area contributed by atoms with Gasteiger partial charge in [-0.2, -0.15) is 0 Å². The van der Waals surface area contributed by atoms with Gasteiger partial charge in [-0.25, -0.2) is 0 Å². The standard InChI is InChI=1S/C17H17N3O2/c21-20(22)15-7-5-12(6-8-15)17-18-10-16-9-13-3-1-2-4-14(13)11-19(16)17/h1-8,16-18H,9-11H2/t16-,17+/m1/s1. The molecular formula is C17H17N3O2. The molecular weight excluding hydrogens is 278 g/mol. The lowest BCUT2D eigenvalue weighted by atomic mass is 9.94. The molecule has 1 fully saturated rings. The van der Waals surface area contributed by atoms with Crippen molar-refractivity contribution in [2.24, 2.45) is 0 Å². The summed E-state index contributed by atoms with van der Waals surface area (Å²) < 4.78 is 0. The fourth-order valence-corrected chi connectivity index (χ4v) is 3.55. The van der Waals surface area contributed by atoms with Gasteiger partial charge in [0.25, 0.3) is 5.69 Å². The Bertz CT molecular complexity index is 714. The number of benzene rings is 2. The van der Waals surface area contributed by atoms with Crippen LogP contribution in [0.3, 0.4) is 0 Å². The van der Waals surface area contributed by atoms with Crippen molar-refractivity contribution in [3.05, 3.63) is 75.3 Å². The lowest BCUT2D eigenvalue weighted by Gasteiger charge is -2.34. The normalized spacial score (nSPS) is 23.8. The number of hydrogen-bond acceptors (Lipinski definition) is 4. The van der Waals surface area contributed by atoms with Gasteiger partial charge in [-0.15, -0.1) is 0 Å². The minimum atomic E-state index is -0.355. The molecule has 2 aliphatic heterocycles. The number of nitro groups is 1. The molecule has 0 spiro atoms. The molecule has 1 N–H and O–H groups in total. The van der Waals surface area contributed by atoms with Crippen LogP contribution in [0.25, 0.3) is 0 Å². The summed E-state index contributed by atoms with van der Waals surface area (Å²) in [6.07, 6.45) is 1.20. The largest absolute Gasteiger partial charge is 0.296 e. The Morgan fingerprint density at radius 3 is 2.55 bits per heavy atom. The number of fused-ring (bicyclic) bond motifs is 2. The molecule has 5 heteroatoms. The summed E-state index contributed by atoms with van der Waals surface area (Å²) in [5.41, 5.74) is 4.05. The third-order valence-electron chi connectivity index (χ3n) is 4.69. The summed E-state index contributed by atoms with van der Waals surface area (Å²) >= 11 is 0. The van der Waals surface area contributed by atoms with Crippen molar-refractivity contribution in [2.45, 2.75) is 25.2 Å². The highest BCUT2D eigenvalue weighted by atomic mass is 16.6. The quantitative estimate of drug-likeness (QED) is 0.683. The maximum Gasteiger partial charge on any atom is 0.269 e. The number of hydrogen-bond donors (Lipinski definition) is 1. The van der Waals surface area contributed by atoms with Crippen LogP contribution in [0.2, 0.25) is 0 Å². The van der Waals surface area contributed by atoms with Crippen LogP contribution in [0, 0.1) is 10.1 Å². The van der Waals surface area contributed by atoms with Crippen LogP contribution in [-0.4, -0.2) is 22.4 Å². The second-order valence-corrected chi connectivity index (χ2v) is 5.96. The van der Waals surface area contributed by atoms with E-state index in [0.717, 1.165) is 25.1 Å². The maximum absolute atomic E-state index is 10.8. The lowest BCUT2D eigenvalue weighted by Crippen LogP contribution is -2.38. The summed E-state index contributed by atoms with van der Waals surface area (Å²) in [7, 11) is 0. The summed E-state index contributed by atoms with van der Waals surface area (Å²) in [4.78, 5) is 12.9. The van der Waals surface area contributed by atoms with E-state index in [1.54, 1.807) is 12.1 Å². The molecule has 0 aliphatic carbocycles. The molecule has 5 nitrogen and oxygen atoms in total. The summed E-state index contributed by atoms with van der Waals surface area (Å²) in [6, 6.07) is 16.0. The van der Waals surface area contributed by atoms with Crippen LogP contribution >= 0.6 is 0 Å². The molecule has 0 saturated carbocycles. The molecule has 4 rings (SSSR count). The number of rotatable bonds is 2. The van der Waals surface area contributed by atoms with Crippen molar-refractivity contribution in [1.29, 1.82) is 0 Å². The molecule has 112 valence electrons. The monoisotopic (exact) mass is 295 g/mol. The van der Waals surface area contributed by atoms with E-state index in [-0.39, 0.29) is 16.8 Å². The zero-order chi connectivity index (χ0) is 15.1. The molecule has 2 atom stereocenters. The van der Waals surface area contributed by atoms with Crippen LogP contribution < -0.4 is 5.32 Å². The second kappa shape index (κ2) is 5.19. The first kappa shape index (κ1) is 13.4. The fourth-order valence-electron chi connectivity index (χ4n) is 3.55. The van der Waals surface area contributed by atoms with Crippen molar-refractivity contribution in [3.63, 3.8) is 0 Å². The van der Waals surface area contributed by atoms with E-state index in [4.69, 9.17) is 0 Å². The summed E-state index contributed by atoms with van der Waals surface area (Å²) in [5.74, 6) is 0. The molecule has 1 saturated heterocycles. The first-order chi connectivity index (χ1) is 10.7. The van der Waals surface area contributed by atoms with E-state index in [1.165, 1.54) is 11.1 Å². The first-order valence-electron chi connectivity index (χ1n) is 7.52. The molecule has 2 heterocycles. The molecule has 0 amide bonds. The third kappa shape index (κ3) is 2.19. The van der Waals surface area contributed by atoms with Crippen molar-refractivity contribution >= 4 is 5.69 Å². The average Bonchev–Trinajstić information content (AvgIpc) is 2.95. The fraction of sp³-hybridized carbons (Fsp3) is 0.294. The molecule has 0 bridgehead atoms. The first-order valence-corrected chi connectivity index (χ1v) is 7.52. The van der Waals surface area contributed by atoms with Crippen LogP contribution in [0.4, 0.5) is 5.69 Å². The predicted molar refractivity (Wildman–Crippen MR) is 83.3 cm³/mol. The van der Waals surface area contributed by atoms with Crippen molar-refractivity contribution in [2.75, 3.05) is 6.54 Å². The highest BCUT2D eigenvalue weighted by Crippen LogP contribution is 2.34. The third-order valence-corrected chi connectivity index (χ3v) is 4.69. The van der Waals surface area contributed by atoms with Crippen LogP contribution in [0.15, 0.2) is 48.5 Å². The Morgan fingerprint density at radius 2 is 1.82 bits per heavy atom. The zero-order valence-corrected chi connectivity index (χ0v) is 12.1. The molecule has 0 radical (unpaired) electrons. The highest BCUT2D eigenvalue weighted by molar-refractivity contribution is 5.36. The van der Waals surface area contributed by atoms with Gasteiger partial charge in [0.05, 0.1) is 11.1 Å². The van der Waals surface area contributed by atoms with Gasteiger partial charge in [-0.1, -0.05) is 24.3 Å². The Kier molecular flexibility index (Phi) is 3.17. The molecule has 0 aromatic heterocycles. The topological polar surface area (TPSA) is 58.4 Å². The van der Waals surface area contributed by atoms with Gasteiger partial charge in [-0.3, -0.25) is 20.3 Å². The Hall–Kier alpha value is -2.24. The molecule has 2 aliphatic rings. The van der Waals surface area contributed by atoms with E-state index in [0.29, 0.717) is 6.04 Å². The van der Waals surface area contributed by atoms with E-state index >= 15 is 0 Å². The Balaban J connectivity index is 1.61. The van der Waals surface area contributed by atoms with Crippen molar-refractivity contribution in [3.8, 4) is 0 Å². The van der Waals surface area contributed by atoms with Crippen LogP contribution in [0.1, 0.15) is 22.9 Å². The van der Waals surface area contributed by atoms with E-state index in [1.807, 2.05) is 12.1 Å². The zero-order valence-electron chi connectivity index (χ0n) is 12.1. The van der Waals surface area contributed by atoms with Crippen LogP contribution in [-0.2, 0) is 13.0 Å². The minimum absolute atomic E-state index is 0.138. The minimum Gasteiger partial charge on any atom is -0.296 e. The average molecular weight is 295 g/mol. The lowest BCUT2D eigenvalue weighted by molar-refractivity contribution is -0.384. The van der Waals surface area contributed by atoms with Crippen molar-refractivity contribution in [1.82, 2.24) is 10.2 Å². The van der Waals surface area contributed by atoms with E-state index in [2.05, 4.69) is 34.5 Å². The van der Waals surface area contributed by atoms with Gasteiger partial charge in [0.2, 0.25) is 0 Å². The number of nitrogens with one attached hydrogen (secondary N) is 1. The molecule has 2 aromatic carbocycles. The summed E-state index contributed by atoms with van der Waals surface area (Å²) in [5, 5.41) is 14.3. The SMILES string of the molecule is O=[N+]([O-])c1ccc([C@H]2NC[C@H]3Cc4ccccc4CN32)cc1. The molecule has 2 aromatic rings. The Labute approximate surface area is 128 Å². The molecule has 0 unspecified atom stereocenters. The van der Waals surface area contributed by atoms with Gasteiger partial charge in [0.1, 0.15) is 0 Å². The molecule has 22 heavy (non-hydrogen) atoms. The van der Waals surface area contributed by atoms with Gasteiger partial charge >= 0.3 is 0 Å². The number of nitro benzene ring substituents is 1.